The lowest BCUT2D eigenvalue weighted by molar-refractivity contribution is 0.522. The van der Waals surface area contributed by atoms with Crippen molar-refractivity contribution in [3.05, 3.63) is 29.8 Å². The quantitative estimate of drug-likeness (QED) is 0.186. The van der Waals surface area contributed by atoms with Crippen LogP contribution in [0.25, 0.3) is 0 Å². The molecular formula is C29H53N. The van der Waals surface area contributed by atoms with E-state index < -0.39 is 0 Å². The number of rotatable bonds is 22. The maximum atomic E-state index is 3.18. The van der Waals surface area contributed by atoms with Gasteiger partial charge in [-0.15, -0.1) is 0 Å². The average Bonchev–Trinajstić information content (AvgIpc) is 2.78. The van der Waals surface area contributed by atoms with Crippen LogP contribution in [0.1, 0.15) is 141 Å². The van der Waals surface area contributed by atoms with Gasteiger partial charge in [0.25, 0.3) is 0 Å². The first-order valence-electron chi connectivity index (χ1n) is 13.6. The molecule has 0 saturated carbocycles. The Bertz CT molecular complexity index is 450. The summed E-state index contributed by atoms with van der Waals surface area (Å²) < 4.78 is 0. The van der Waals surface area contributed by atoms with Crippen LogP contribution < -0.4 is 5.32 Å². The van der Waals surface area contributed by atoms with E-state index in [4.69, 9.17) is 0 Å². The number of aryl methyl sites for hydroxylation is 1. The maximum Gasteiger partial charge on any atom is 0.0337 e. The van der Waals surface area contributed by atoms with Crippen molar-refractivity contribution >= 4 is 5.69 Å². The summed E-state index contributed by atoms with van der Waals surface area (Å²) in [6.07, 6.45) is 30.3. The fraction of sp³-hybridized carbons (Fsp3) is 0.793. The summed E-state index contributed by atoms with van der Waals surface area (Å²) >= 11 is 0. The highest BCUT2D eigenvalue weighted by atomic mass is 14.8. The molecule has 1 nitrogen and oxygen atoms in total. The molecule has 0 saturated heterocycles. The highest BCUT2D eigenvalue weighted by molar-refractivity contribution is 5.43. The van der Waals surface area contributed by atoms with Crippen LogP contribution in [0.15, 0.2) is 24.3 Å². The van der Waals surface area contributed by atoms with Gasteiger partial charge in [-0.2, -0.15) is 0 Å². The van der Waals surface area contributed by atoms with Crippen LogP contribution >= 0.6 is 0 Å². The summed E-state index contributed by atoms with van der Waals surface area (Å²) in [4.78, 5) is 0. The van der Waals surface area contributed by atoms with E-state index in [0.29, 0.717) is 0 Å². The zero-order valence-corrected chi connectivity index (χ0v) is 20.7. The molecule has 0 atom stereocenters. The number of anilines is 1. The van der Waals surface area contributed by atoms with Gasteiger partial charge in [-0.3, -0.25) is 0 Å². The molecule has 1 N–H and O–H groups in total. The minimum Gasteiger partial charge on any atom is -0.388 e. The molecule has 1 aromatic carbocycles. The second kappa shape index (κ2) is 21.3. The fourth-order valence-electron chi connectivity index (χ4n) is 4.42. The summed E-state index contributed by atoms with van der Waals surface area (Å²) in [5.41, 5.74) is 2.69. The molecular weight excluding hydrogens is 362 g/mol. The van der Waals surface area contributed by atoms with Gasteiger partial charge in [-0.1, -0.05) is 141 Å². The van der Waals surface area contributed by atoms with Crippen molar-refractivity contribution in [1.29, 1.82) is 0 Å². The number of nitrogens with one attached hydrogen (secondary N) is 1. The second-order valence-corrected chi connectivity index (χ2v) is 9.41. The summed E-state index contributed by atoms with van der Waals surface area (Å²) in [5, 5.41) is 3.18. The first kappa shape index (κ1) is 27.1. The normalized spacial score (nSPS) is 11.1. The van der Waals surface area contributed by atoms with Crippen molar-refractivity contribution in [1.82, 2.24) is 0 Å². The lowest BCUT2D eigenvalue weighted by Crippen LogP contribution is -1.90. The lowest BCUT2D eigenvalue weighted by atomic mass is 10.0. The Balaban J connectivity index is 1.71. The third kappa shape index (κ3) is 16.8. The molecule has 0 amide bonds. The van der Waals surface area contributed by atoms with E-state index in [1.54, 1.807) is 0 Å². The molecule has 0 unspecified atom stereocenters. The van der Waals surface area contributed by atoms with E-state index in [1.807, 2.05) is 7.05 Å². The van der Waals surface area contributed by atoms with Crippen LogP contribution in [-0.2, 0) is 6.42 Å². The Labute approximate surface area is 189 Å². The SMILES string of the molecule is CCCCCCCCCCCCCCCCCCCCCCc1ccc(NC)cc1. The van der Waals surface area contributed by atoms with Crippen LogP contribution in [0.5, 0.6) is 0 Å². The number of unbranched alkanes of at least 4 members (excludes halogenated alkanes) is 19. The van der Waals surface area contributed by atoms with Gasteiger partial charge in [0, 0.05) is 12.7 Å². The molecule has 1 rings (SSSR count). The van der Waals surface area contributed by atoms with Crippen molar-refractivity contribution in [2.24, 2.45) is 0 Å². The van der Waals surface area contributed by atoms with Crippen molar-refractivity contribution in [3.63, 3.8) is 0 Å². The van der Waals surface area contributed by atoms with Gasteiger partial charge in [0.1, 0.15) is 0 Å². The van der Waals surface area contributed by atoms with Crippen molar-refractivity contribution in [2.45, 2.75) is 142 Å². The van der Waals surface area contributed by atoms with Crippen LogP contribution in [0.2, 0.25) is 0 Å². The van der Waals surface area contributed by atoms with Gasteiger partial charge in [0.05, 0.1) is 0 Å². The Morgan fingerprint density at radius 1 is 0.467 bits per heavy atom. The van der Waals surface area contributed by atoms with Gasteiger partial charge in [-0.05, 0) is 30.5 Å². The first-order chi connectivity index (χ1) is 14.9. The van der Waals surface area contributed by atoms with Gasteiger partial charge in [-0.25, -0.2) is 0 Å². The van der Waals surface area contributed by atoms with Crippen LogP contribution in [0, 0.1) is 0 Å². The molecule has 0 spiro atoms. The molecule has 1 heteroatoms. The van der Waals surface area contributed by atoms with Crippen molar-refractivity contribution in [3.8, 4) is 0 Å². The zero-order valence-electron chi connectivity index (χ0n) is 20.7. The van der Waals surface area contributed by atoms with E-state index in [0.717, 1.165) is 0 Å². The predicted octanol–water partition coefficient (Wildman–Crippen LogP) is 10.1. The summed E-state index contributed by atoms with van der Waals surface area (Å²) in [5.74, 6) is 0. The van der Waals surface area contributed by atoms with E-state index in [-0.39, 0.29) is 0 Å². The Kier molecular flexibility index (Phi) is 19.2. The molecule has 0 heterocycles. The van der Waals surface area contributed by atoms with Crippen molar-refractivity contribution in [2.75, 3.05) is 12.4 Å². The molecule has 30 heavy (non-hydrogen) atoms. The molecule has 0 bridgehead atoms. The zero-order chi connectivity index (χ0) is 21.5. The molecule has 174 valence electrons. The smallest absolute Gasteiger partial charge is 0.0337 e. The van der Waals surface area contributed by atoms with E-state index >= 15 is 0 Å². The third-order valence-corrected chi connectivity index (χ3v) is 6.56. The third-order valence-electron chi connectivity index (χ3n) is 6.56. The molecule has 1 aromatic rings. The fourth-order valence-corrected chi connectivity index (χ4v) is 4.42. The molecule has 0 aliphatic heterocycles. The van der Waals surface area contributed by atoms with Crippen LogP contribution in [0.3, 0.4) is 0 Å². The minimum atomic E-state index is 1.21. The highest BCUT2D eigenvalue weighted by Gasteiger charge is 1.97. The van der Waals surface area contributed by atoms with Crippen LogP contribution in [-0.4, -0.2) is 7.05 Å². The Morgan fingerprint density at radius 3 is 1.13 bits per heavy atom. The molecule has 0 fully saturated rings. The first-order valence-corrected chi connectivity index (χ1v) is 13.6. The topological polar surface area (TPSA) is 12.0 Å². The average molecular weight is 416 g/mol. The van der Waals surface area contributed by atoms with E-state index in [9.17, 15) is 0 Å². The van der Waals surface area contributed by atoms with Gasteiger partial charge in [0.2, 0.25) is 0 Å². The highest BCUT2D eigenvalue weighted by Crippen LogP contribution is 2.16. The molecule has 0 aliphatic rings. The van der Waals surface area contributed by atoms with Crippen LogP contribution in [0.4, 0.5) is 5.69 Å². The van der Waals surface area contributed by atoms with Gasteiger partial charge in [0.15, 0.2) is 0 Å². The largest absolute Gasteiger partial charge is 0.388 e. The second-order valence-electron chi connectivity index (χ2n) is 9.41. The number of benzene rings is 1. The molecule has 0 aliphatic carbocycles. The van der Waals surface area contributed by atoms with Gasteiger partial charge >= 0.3 is 0 Å². The van der Waals surface area contributed by atoms with E-state index in [1.165, 1.54) is 146 Å². The monoisotopic (exact) mass is 415 g/mol. The Morgan fingerprint density at radius 2 is 0.800 bits per heavy atom. The maximum absolute atomic E-state index is 3.18. The minimum absolute atomic E-state index is 1.21. The molecule has 0 aromatic heterocycles. The summed E-state index contributed by atoms with van der Waals surface area (Å²) in [7, 11) is 1.98. The Hall–Kier alpha value is -0.980. The molecule has 0 radical (unpaired) electrons. The van der Waals surface area contributed by atoms with Gasteiger partial charge < -0.3 is 5.32 Å². The van der Waals surface area contributed by atoms with Crippen molar-refractivity contribution < 1.29 is 0 Å². The number of hydrogen-bond acceptors (Lipinski definition) is 1. The van der Waals surface area contributed by atoms with E-state index in [2.05, 4.69) is 36.5 Å². The standard InChI is InChI=1S/C29H53N/c1-3-4-5-6-7-8-9-10-11-12-13-14-15-16-17-18-19-20-21-22-23-28-24-26-29(30-2)27-25-28/h24-27,30H,3-23H2,1-2H3. The summed E-state index contributed by atoms with van der Waals surface area (Å²) in [6, 6.07) is 8.90. The summed E-state index contributed by atoms with van der Waals surface area (Å²) in [6.45, 7) is 2.30. The predicted molar refractivity (Wildman–Crippen MR) is 138 cm³/mol. The number of hydrogen-bond donors (Lipinski definition) is 1. The lowest BCUT2D eigenvalue weighted by Gasteiger charge is -2.05.